The Morgan fingerprint density at radius 2 is 2.04 bits per heavy atom. The van der Waals surface area contributed by atoms with Crippen LogP contribution in [0.5, 0.6) is 0 Å². The molecule has 0 saturated heterocycles. The number of benzene rings is 1. The second-order valence-corrected chi connectivity index (χ2v) is 7.04. The number of nitrogens with two attached hydrogens (primary N) is 1. The maximum Gasteiger partial charge on any atom is 0.239 e. The molecular weight excluding hydrogens is 371 g/mol. The van der Waals surface area contributed by atoms with Gasteiger partial charge in [0.1, 0.15) is 5.01 Å². The van der Waals surface area contributed by atoms with Gasteiger partial charge in [0, 0.05) is 5.02 Å². The van der Waals surface area contributed by atoms with E-state index in [9.17, 15) is 9.59 Å². The summed E-state index contributed by atoms with van der Waals surface area (Å²) in [5.74, 6) is -0.594. The van der Waals surface area contributed by atoms with Gasteiger partial charge < -0.3 is 16.4 Å². The van der Waals surface area contributed by atoms with Gasteiger partial charge in [0.25, 0.3) is 0 Å². The zero-order chi connectivity index (χ0) is 17.0. The Bertz CT molecular complexity index is 721. The normalized spacial score (nSPS) is 11.9. The van der Waals surface area contributed by atoms with E-state index in [-0.39, 0.29) is 36.7 Å². The number of hydrogen-bond acceptors (Lipinski definition) is 5. The second kappa shape index (κ2) is 9.17. The molecule has 0 spiro atoms. The quantitative estimate of drug-likeness (QED) is 0.703. The molecule has 0 aliphatic heterocycles. The third-order valence-corrected chi connectivity index (χ3v) is 4.55. The van der Waals surface area contributed by atoms with E-state index in [1.54, 1.807) is 12.1 Å². The molecule has 1 heterocycles. The summed E-state index contributed by atoms with van der Waals surface area (Å²) in [5, 5.41) is 6.65. The van der Waals surface area contributed by atoms with Crippen molar-refractivity contribution in [3.05, 3.63) is 28.2 Å². The lowest BCUT2D eigenvalue weighted by Gasteiger charge is -2.14. The van der Waals surface area contributed by atoms with E-state index >= 15 is 0 Å². The van der Waals surface area contributed by atoms with E-state index in [0.717, 1.165) is 15.2 Å². The first kappa shape index (κ1) is 20.6. The van der Waals surface area contributed by atoms with Crippen molar-refractivity contribution in [2.75, 3.05) is 6.54 Å². The van der Waals surface area contributed by atoms with E-state index in [2.05, 4.69) is 15.6 Å². The van der Waals surface area contributed by atoms with E-state index in [4.69, 9.17) is 17.3 Å². The van der Waals surface area contributed by atoms with Gasteiger partial charge in [0.15, 0.2) is 0 Å². The van der Waals surface area contributed by atoms with Gasteiger partial charge >= 0.3 is 0 Å². The molecule has 2 amide bonds. The minimum Gasteiger partial charge on any atom is -0.348 e. The minimum atomic E-state index is -0.614. The number of nitrogens with zero attached hydrogens (tertiary/aromatic N) is 1. The first-order valence-electron chi connectivity index (χ1n) is 7.21. The predicted molar refractivity (Wildman–Crippen MR) is 99.5 cm³/mol. The molecule has 1 aromatic carbocycles. The van der Waals surface area contributed by atoms with Crippen LogP contribution in [0.25, 0.3) is 10.2 Å². The Morgan fingerprint density at radius 3 is 2.71 bits per heavy atom. The van der Waals surface area contributed by atoms with Gasteiger partial charge in [-0.05, 0) is 24.1 Å². The van der Waals surface area contributed by atoms with Gasteiger partial charge in [0.05, 0.1) is 29.3 Å². The van der Waals surface area contributed by atoms with Crippen molar-refractivity contribution < 1.29 is 9.59 Å². The highest BCUT2D eigenvalue weighted by Crippen LogP contribution is 2.24. The average Bonchev–Trinajstić information content (AvgIpc) is 2.91. The van der Waals surface area contributed by atoms with Crippen LogP contribution in [0.1, 0.15) is 18.9 Å². The van der Waals surface area contributed by atoms with Crippen LogP contribution in [0.3, 0.4) is 0 Å². The molecule has 24 heavy (non-hydrogen) atoms. The summed E-state index contributed by atoms with van der Waals surface area (Å²) in [6, 6.07) is 4.87. The summed E-state index contributed by atoms with van der Waals surface area (Å²) in [7, 11) is 0. The van der Waals surface area contributed by atoms with E-state index in [0.29, 0.717) is 11.6 Å². The van der Waals surface area contributed by atoms with Crippen LogP contribution >= 0.6 is 35.3 Å². The summed E-state index contributed by atoms with van der Waals surface area (Å²) in [6.07, 6.45) is 0. The molecule has 0 saturated carbocycles. The number of fused-ring (bicyclic) bond motifs is 1. The van der Waals surface area contributed by atoms with Gasteiger partial charge in [-0.3, -0.25) is 9.59 Å². The zero-order valence-corrected chi connectivity index (χ0v) is 15.7. The highest BCUT2D eigenvalue weighted by atomic mass is 35.5. The van der Waals surface area contributed by atoms with Crippen molar-refractivity contribution in [2.45, 2.75) is 26.4 Å². The number of thiazole rings is 1. The zero-order valence-electron chi connectivity index (χ0n) is 13.3. The molecule has 2 aromatic rings. The molecule has 0 bridgehead atoms. The van der Waals surface area contributed by atoms with Crippen LogP contribution in [0.4, 0.5) is 0 Å². The maximum atomic E-state index is 11.8. The molecule has 4 N–H and O–H groups in total. The lowest BCUT2D eigenvalue weighted by molar-refractivity contribution is -0.127. The fourth-order valence-corrected chi connectivity index (χ4v) is 2.90. The van der Waals surface area contributed by atoms with Crippen molar-refractivity contribution >= 4 is 57.4 Å². The summed E-state index contributed by atoms with van der Waals surface area (Å²) in [6.45, 7) is 3.91. The topological polar surface area (TPSA) is 97.1 Å². The van der Waals surface area contributed by atoms with Crippen LogP contribution in [-0.4, -0.2) is 29.4 Å². The van der Waals surface area contributed by atoms with Crippen LogP contribution in [-0.2, 0) is 16.1 Å². The number of rotatable bonds is 6. The first-order chi connectivity index (χ1) is 10.9. The van der Waals surface area contributed by atoms with Crippen LogP contribution in [0.15, 0.2) is 18.2 Å². The molecule has 0 aliphatic rings. The Morgan fingerprint density at radius 1 is 1.33 bits per heavy atom. The molecule has 1 atom stereocenters. The number of hydrogen-bond donors (Lipinski definition) is 3. The lowest BCUT2D eigenvalue weighted by atomic mass is 10.1. The van der Waals surface area contributed by atoms with Crippen LogP contribution < -0.4 is 16.4 Å². The third-order valence-electron chi connectivity index (χ3n) is 3.27. The van der Waals surface area contributed by atoms with Crippen LogP contribution in [0, 0.1) is 5.92 Å². The Labute approximate surface area is 155 Å². The highest BCUT2D eigenvalue weighted by Gasteiger charge is 2.17. The standard InChI is InChI=1S/C15H19ClN4O2S.ClH/c1-8(2)14(17)15(22)19-6-12(21)18-7-13-20-10-5-9(16)3-4-11(10)23-13;/h3-5,8,14H,6-7,17H2,1-2H3,(H,18,21)(H,19,22);1H/t14-;/m0./s1. The minimum absolute atomic E-state index is 0. The van der Waals surface area contributed by atoms with Crippen molar-refractivity contribution in [3.63, 3.8) is 0 Å². The van der Waals surface area contributed by atoms with E-state index in [1.165, 1.54) is 11.3 Å². The lowest BCUT2D eigenvalue weighted by Crippen LogP contribution is -2.47. The number of carbonyl (C=O) groups is 2. The second-order valence-electron chi connectivity index (χ2n) is 5.48. The van der Waals surface area contributed by atoms with Gasteiger partial charge in [-0.2, -0.15) is 0 Å². The van der Waals surface area contributed by atoms with Crippen molar-refractivity contribution in [1.29, 1.82) is 0 Å². The summed E-state index contributed by atoms with van der Waals surface area (Å²) in [4.78, 5) is 27.8. The highest BCUT2D eigenvalue weighted by molar-refractivity contribution is 7.18. The molecule has 0 radical (unpaired) electrons. The maximum absolute atomic E-state index is 11.8. The smallest absolute Gasteiger partial charge is 0.239 e. The van der Waals surface area contributed by atoms with Gasteiger partial charge in [-0.1, -0.05) is 25.4 Å². The average molecular weight is 391 g/mol. The Balaban J connectivity index is 0.00000288. The first-order valence-corrected chi connectivity index (χ1v) is 8.41. The molecule has 0 fully saturated rings. The molecule has 2 rings (SSSR count). The molecule has 6 nitrogen and oxygen atoms in total. The molecule has 0 aliphatic carbocycles. The molecular formula is C15H20Cl2N4O2S. The fraction of sp³-hybridized carbons (Fsp3) is 0.400. The van der Waals surface area contributed by atoms with Crippen molar-refractivity contribution in [3.8, 4) is 0 Å². The third kappa shape index (κ3) is 5.59. The predicted octanol–water partition coefficient (Wildman–Crippen LogP) is 2.09. The number of aromatic nitrogens is 1. The number of halogens is 2. The summed E-state index contributed by atoms with van der Waals surface area (Å²) in [5.41, 5.74) is 6.51. The van der Waals surface area contributed by atoms with Crippen molar-refractivity contribution in [2.24, 2.45) is 11.7 Å². The Kier molecular flexibility index (Phi) is 7.89. The van der Waals surface area contributed by atoms with Crippen LogP contribution in [0.2, 0.25) is 5.02 Å². The number of amides is 2. The molecule has 132 valence electrons. The van der Waals surface area contributed by atoms with Gasteiger partial charge in [-0.25, -0.2) is 4.98 Å². The van der Waals surface area contributed by atoms with E-state index < -0.39 is 6.04 Å². The Hall–Kier alpha value is -1.41. The summed E-state index contributed by atoms with van der Waals surface area (Å²) >= 11 is 7.41. The monoisotopic (exact) mass is 390 g/mol. The fourth-order valence-electron chi connectivity index (χ4n) is 1.85. The SMILES string of the molecule is CC(C)[C@H](N)C(=O)NCC(=O)NCc1nc2cc(Cl)ccc2s1.Cl. The molecule has 1 aromatic heterocycles. The van der Waals surface area contributed by atoms with E-state index in [1.807, 2.05) is 19.9 Å². The number of carbonyl (C=O) groups excluding carboxylic acids is 2. The molecule has 9 heteroatoms. The summed E-state index contributed by atoms with van der Waals surface area (Å²) < 4.78 is 1.01. The molecule has 0 unspecified atom stereocenters. The van der Waals surface area contributed by atoms with Gasteiger partial charge in [-0.15, -0.1) is 23.7 Å². The van der Waals surface area contributed by atoms with Crippen molar-refractivity contribution in [1.82, 2.24) is 15.6 Å². The number of nitrogens with one attached hydrogen (secondary N) is 2. The largest absolute Gasteiger partial charge is 0.348 e. The van der Waals surface area contributed by atoms with Gasteiger partial charge in [0.2, 0.25) is 11.8 Å².